The number of aliphatic hydroxyl groups is 2. The molecule has 2 heterocycles. The van der Waals surface area contributed by atoms with Crippen molar-refractivity contribution in [1.29, 1.82) is 0 Å². The normalized spacial score (nSPS) is 37.0. The summed E-state index contributed by atoms with van der Waals surface area (Å²) in [6.45, 7) is 0. The number of aliphatic imine (C=N–C) groups is 1. The van der Waals surface area contributed by atoms with E-state index in [9.17, 15) is 23.4 Å². The largest absolute Gasteiger partial charge is 0.406 e. The molecule has 10 heteroatoms. The number of hydrogen-bond acceptors (Lipinski definition) is 7. The van der Waals surface area contributed by atoms with Gasteiger partial charge in [0.2, 0.25) is 0 Å². The summed E-state index contributed by atoms with van der Waals surface area (Å²) in [5.74, 6) is 0. The minimum absolute atomic E-state index is 0.551. The van der Waals surface area contributed by atoms with Gasteiger partial charge in [0.15, 0.2) is 5.17 Å². The Morgan fingerprint density at radius 2 is 1.77 bits per heavy atom. The van der Waals surface area contributed by atoms with Gasteiger partial charge >= 0.3 is 6.18 Å². The molecule has 0 amide bonds. The third kappa shape index (κ3) is 3.21. The minimum atomic E-state index is -4.59. The number of ether oxygens (including phenoxy) is 1. The van der Waals surface area contributed by atoms with Gasteiger partial charge in [-0.15, -0.1) is 0 Å². The van der Waals surface area contributed by atoms with Gasteiger partial charge in [0.05, 0.1) is 0 Å². The van der Waals surface area contributed by atoms with Gasteiger partial charge in [-0.25, -0.2) is 0 Å². The van der Waals surface area contributed by atoms with E-state index in [0.29, 0.717) is 5.17 Å². The first-order valence-corrected chi connectivity index (χ1v) is 7.58. The molecule has 128 valence electrons. The fourth-order valence-electron chi connectivity index (χ4n) is 2.62. The second-order valence-electron chi connectivity index (χ2n) is 5.81. The van der Waals surface area contributed by atoms with Crippen molar-refractivity contribution in [2.45, 2.75) is 42.0 Å². The summed E-state index contributed by atoms with van der Waals surface area (Å²) < 4.78 is 45.2. The number of alkyl halides is 3. The van der Waals surface area contributed by atoms with Crippen LogP contribution >= 0.6 is 11.8 Å². The predicted molar refractivity (Wildman–Crippen MR) is 76.7 cm³/mol. The van der Waals surface area contributed by atoms with Crippen LogP contribution in [0.2, 0.25) is 0 Å². The van der Waals surface area contributed by atoms with Gasteiger partial charge in [-0.3, -0.25) is 9.89 Å². The highest BCUT2D eigenvalue weighted by Crippen LogP contribution is 2.40. The van der Waals surface area contributed by atoms with E-state index in [-0.39, 0.29) is 0 Å². The second-order valence-corrected chi connectivity index (χ2v) is 6.88. The number of thioether (sulfide) groups is 1. The molecule has 6 atom stereocenters. The quantitative estimate of drug-likeness (QED) is 0.733. The molecule has 0 unspecified atom stereocenters. The smallest absolute Gasteiger partial charge is 0.388 e. The minimum Gasteiger partial charge on any atom is -0.388 e. The molecule has 22 heavy (non-hydrogen) atoms. The van der Waals surface area contributed by atoms with Crippen molar-refractivity contribution in [2.75, 3.05) is 28.2 Å². The van der Waals surface area contributed by atoms with Crippen LogP contribution in [0.5, 0.6) is 0 Å². The van der Waals surface area contributed by atoms with Crippen molar-refractivity contribution in [2.24, 2.45) is 4.99 Å². The van der Waals surface area contributed by atoms with Crippen LogP contribution < -0.4 is 0 Å². The van der Waals surface area contributed by atoms with Crippen LogP contribution in [0.4, 0.5) is 13.2 Å². The van der Waals surface area contributed by atoms with Gasteiger partial charge in [-0.1, -0.05) is 11.8 Å². The summed E-state index contributed by atoms with van der Waals surface area (Å²) in [6.07, 6.45) is -9.23. The average molecular weight is 343 g/mol. The van der Waals surface area contributed by atoms with Crippen LogP contribution in [-0.4, -0.2) is 95.4 Å². The van der Waals surface area contributed by atoms with Crippen LogP contribution in [0.3, 0.4) is 0 Å². The number of likely N-dealkylation sites (N-methyl/N-ethyl adjacent to an activating group) is 1. The second kappa shape index (κ2) is 6.16. The molecule has 1 saturated heterocycles. The number of halogens is 3. The highest BCUT2D eigenvalue weighted by atomic mass is 32.2. The molecule has 2 aliphatic heterocycles. The molecule has 0 aromatic rings. The summed E-state index contributed by atoms with van der Waals surface area (Å²) in [5, 5.41) is 20.8. The molecule has 0 saturated carbocycles. The van der Waals surface area contributed by atoms with E-state index in [4.69, 9.17) is 4.74 Å². The van der Waals surface area contributed by atoms with Crippen molar-refractivity contribution in [3.63, 3.8) is 0 Å². The van der Waals surface area contributed by atoms with Crippen molar-refractivity contribution >= 4 is 16.9 Å². The van der Waals surface area contributed by atoms with E-state index in [1.165, 1.54) is 14.1 Å². The number of aliphatic hydroxyl groups excluding tert-OH is 2. The summed E-state index contributed by atoms with van der Waals surface area (Å²) in [7, 11) is 6.00. The number of amidine groups is 1. The van der Waals surface area contributed by atoms with Crippen LogP contribution in [0.25, 0.3) is 0 Å². The Balaban J connectivity index is 2.24. The molecule has 6 nitrogen and oxygen atoms in total. The molecule has 0 aromatic carbocycles. The van der Waals surface area contributed by atoms with Crippen molar-refractivity contribution < 1.29 is 28.1 Å². The molecule has 1 fully saturated rings. The Morgan fingerprint density at radius 3 is 2.23 bits per heavy atom. The molecule has 0 bridgehead atoms. The molecule has 0 spiro atoms. The Morgan fingerprint density at radius 1 is 1.18 bits per heavy atom. The number of fused-ring (bicyclic) bond motifs is 1. The summed E-state index contributed by atoms with van der Waals surface area (Å²) in [6, 6.07) is -2.79. The third-order valence-electron chi connectivity index (χ3n) is 3.67. The van der Waals surface area contributed by atoms with Crippen LogP contribution in [0.15, 0.2) is 4.99 Å². The summed E-state index contributed by atoms with van der Waals surface area (Å²) >= 11 is 1.15. The fourth-order valence-corrected chi connectivity index (χ4v) is 3.77. The van der Waals surface area contributed by atoms with Gasteiger partial charge in [-0.2, -0.15) is 13.2 Å². The van der Waals surface area contributed by atoms with Crippen molar-refractivity contribution in [3.8, 4) is 0 Å². The molecular weight excluding hydrogens is 323 g/mol. The standard InChI is InChI=1S/C12H20F3N3O3S/c1-17(2)9(12(13,14)15)8-7(20)6(19)5-10(21-8)22-11(16-5)18(3)4/h5-10,19-20H,1-4H3/t5-,6-,7+,8+,9-,10-/m1/s1. The first kappa shape index (κ1) is 17.8. The zero-order valence-corrected chi connectivity index (χ0v) is 13.5. The average Bonchev–Trinajstić information content (AvgIpc) is 2.77. The van der Waals surface area contributed by atoms with Crippen molar-refractivity contribution in [1.82, 2.24) is 9.80 Å². The Labute approximate surface area is 130 Å². The lowest BCUT2D eigenvalue weighted by Gasteiger charge is -2.43. The van der Waals surface area contributed by atoms with E-state index >= 15 is 0 Å². The predicted octanol–water partition coefficient (Wildman–Crippen LogP) is -0.0414. The van der Waals surface area contributed by atoms with E-state index < -0.39 is 42.0 Å². The molecule has 0 aliphatic carbocycles. The van der Waals surface area contributed by atoms with Crippen LogP contribution in [0.1, 0.15) is 0 Å². The van der Waals surface area contributed by atoms with Gasteiger partial charge in [-0.05, 0) is 14.1 Å². The van der Waals surface area contributed by atoms with E-state index in [1.807, 2.05) is 0 Å². The van der Waals surface area contributed by atoms with Gasteiger partial charge in [0.25, 0.3) is 0 Å². The van der Waals surface area contributed by atoms with Crippen LogP contribution in [0, 0.1) is 0 Å². The number of nitrogens with zero attached hydrogens (tertiary/aromatic N) is 3. The highest BCUT2D eigenvalue weighted by Gasteiger charge is 2.57. The van der Waals surface area contributed by atoms with E-state index in [0.717, 1.165) is 16.7 Å². The molecule has 2 rings (SSSR count). The van der Waals surface area contributed by atoms with Gasteiger partial charge in [0, 0.05) is 14.1 Å². The van der Waals surface area contributed by atoms with E-state index in [1.54, 1.807) is 19.0 Å². The van der Waals surface area contributed by atoms with Gasteiger partial charge < -0.3 is 19.8 Å². The zero-order valence-electron chi connectivity index (χ0n) is 12.7. The molecule has 0 aromatic heterocycles. The third-order valence-corrected chi connectivity index (χ3v) is 4.98. The SMILES string of the molecule is CN(C)C1=N[C@@H]2[C@@H](O)[C@H](O)[C@@H]([C@@H](N(C)C)C(F)(F)F)O[C@@H]2S1. The molecule has 2 N–H and O–H groups in total. The maximum absolute atomic E-state index is 13.2. The van der Waals surface area contributed by atoms with Crippen LogP contribution in [-0.2, 0) is 4.74 Å². The fraction of sp³-hybridized carbons (Fsp3) is 0.917. The Hall–Kier alpha value is -0.550. The monoisotopic (exact) mass is 343 g/mol. The highest BCUT2D eigenvalue weighted by molar-refractivity contribution is 8.14. The first-order chi connectivity index (χ1) is 10.0. The van der Waals surface area contributed by atoms with Gasteiger partial charge in [0.1, 0.15) is 35.8 Å². The maximum Gasteiger partial charge on any atom is 0.406 e. The van der Waals surface area contributed by atoms with E-state index in [2.05, 4.69) is 4.99 Å². The van der Waals surface area contributed by atoms with Crippen molar-refractivity contribution in [3.05, 3.63) is 0 Å². The number of rotatable bonds is 2. The topological polar surface area (TPSA) is 68.5 Å². The summed E-state index contributed by atoms with van der Waals surface area (Å²) in [4.78, 5) is 6.84. The molecule has 2 aliphatic rings. The Kier molecular flexibility index (Phi) is 4.98. The summed E-state index contributed by atoms with van der Waals surface area (Å²) in [5.41, 5.74) is -0.745. The lowest BCUT2D eigenvalue weighted by atomic mass is 9.93. The Bertz CT molecular complexity index is 447. The molecular formula is C12H20F3N3O3S. The lowest BCUT2D eigenvalue weighted by Crippen LogP contribution is -2.64. The number of hydrogen-bond donors (Lipinski definition) is 2. The zero-order chi connectivity index (χ0) is 16.8. The maximum atomic E-state index is 13.2. The molecule has 0 radical (unpaired) electrons. The first-order valence-electron chi connectivity index (χ1n) is 6.70. The lowest BCUT2D eigenvalue weighted by molar-refractivity contribution is -0.248.